The summed E-state index contributed by atoms with van der Waals surface area (Å²) >= 11 is 0. The number of benzene rings is 1. The molecule has 1 fully saturated rings. The van der Waals surface area contributed by atoms with Crippen LogP contribution < -0.4 is 10.6 Å². The lowest BCUT2D eigenvalue weighted by atomic mass is 10.1. The lowest BCUT2D eigenvalue weighted by Crippen LogP contribution is -2.28. The lowest BCUT2D eigenvalue weighted by Gasteiger charge is -2.23. The van der Waals surface area contributed by atoms with E-state index in [0.29, 0.717) is 30.4 Å². The Kier molecular flexibility index (Phi) is 7.08. The Morgan fingerprint density at radius 3 is 2.78 bits per heavy atom. The molecule has 0 unspecified atom stereocenters. The van der Waals surface area contributed by atoms with E-state index in [2.05, 4.69) is 25.6 Å². The number of aryl methyl sites for hydroxylation is 1. The highest BCUT2D eigenvalue weighted by molar-refractivity contribution is 5.92. The van der Waals surface area contributed by atoms with Crippen LogP contribution in [0.25, 0.3) is 5.82 Å². The summed E-state index contributed by atoms with van der Waals surface area (Å²) < 4.78 is 7.14. The zero-order chi connectivity index (χ0) is 22.3. The van der Waals surface area contributed by atoms with E-state index in [4.69, 9.17) is 4.74 Å². The average Bonchev–Trinajstić information content (AvgIpc) is 3.31. The van der Waals surface area contributed by atoms with Crippen molar-refractivity contribution in [1.82, 2.24) is 24.8 Å². The smallest absolute Gasteiger partial charge is 0.271 e. The largest absolute Gasteiger partial charge is 0.396 e. The van der Waals surface area contributed by atoms with Crippen molar-refractivity contribution in [1.29, 1.82) is 0 Å². The standard InChI is InChI=1S/C23H28N6O3/c1-16-12-25-23(27-19-7-10-32-11-8-19)28-21(16)29-14-20(26-15-29)22(31)24-13-18-5-3-2-4-17(18)6-9-30/h2-5,12,14-15,19,30H,6-11,13H2,1H3,(H,24,31)(H,25,27,28). The number of nitrogens with zero attached hydrogens (tertiary/aromatic N) is 4. The molecule has 1 aromatic carbocycles. The number of ether oxygens (including phenoxy) is 1. The SMILES string of the molecule is Cc1cnc(NC2CCOCC2)nc1-n1cnc(C(=O)NCc2ccccc2CCO)c1. The van der Waals surface area contributed by atoms with Crippen LogP contribution in [-0.4, -0.2) is 56.4 Å². The van der Waals surface area contributed by atoms with Crippen LogP contribution in [0.15, 0.2) is 43.0 Å². The van der Waals surface area contributed by atoms with Gasteiger partial charge in [-0.3, -0.25) is 9.36 Å². The molecular weight excluding hydrogens is 408 g/mol. The molecule has 4 rings (SSSR count). The Balaban J connectivity index is 1.44. The van der Waals surface area contributed by atoms with Crippen LogP contribution >= 0.6 is 0 Å². The van der Waals surface area contributed by atoms with Gasteiger partial charge in [-0.1, -0.05) is 24.3 Å². The van der Waals surface area contributed by atoms with E-state index in [1.807, 2.05) is 31.2 Å². The normalized spacial score (nSPS) is 14.3. The second-order valence-corrected chi connectivity index (χ2v) is 7.82. The van der Waals surface area contributed by atoms with Gasteiger partial charge in [0, 0.05) is 50.4 Å². The van der Waals surface area contributed by atoms with E-state index in [0.717, 1.165) is 42.7 Å². The number of imidazole rings is 1. The van der Waals surface area contributed by atoms with Crippen LogP contribution in [0.4, 0.5) is 5.95 Å². The first-order chi connectivity index (χ1) is 15.6. The summed E-state index contributed by atoms with van der Waals surface area (Å²) in [5.41, 5.74) is 3.18. The fourth-order valence-electron chi connectivity index (χ4n) is 3.70. The van der Waals surface area contributed by atoms with Crippen molar-refractivity contribution in [3.8, 4) is 5.82 Å². The second kappa shape index (κ2) is 10.3. The summed E-state index contributed by atoms with van der Waals surface area (Å²) in [6, 6.07) is 8.03. The van der Waals surface area contributed by atoms with Crippen LogP contribution in [0.3, 0.4) is 0 Å². The first kappa shape index (κ1) is 21.9. The van der Waals surface area contributed by atoms with Gasteiger partial charge in [0.1, 0.15) is 17.8 Å². The summed E-state index contributed by atoms with van der Waals surface area (Å²) in [4.78, 5) is 25.9. The van der Waals surface area contributed by atoms with E-state index in [1.165, 1.54) is 0 Å². The van der Waals surface area contributed by atoms with Crippen LogP contribution in [0.2, 0.25) is 0 Å². The molecule has 0 bridgehead atoms. The number of rotatable bonds is 8. The van der Waals surface area contributed by atoms with Gasteiger partial charge in [0.2, 0.25) is 5.95 Å². The maximum atomic E-state index is 12.7. The van der Waals surface area contributed by atoms with Gasteiger partial charge in [-0.15, -0.1) is 0 Å². The van der Waals surface area contributed by atoms with Gasteiger partial charge in [-0.2, -0.15) is 4.98 Å². The summed E-state index contributed by atoms with van der Waals surface area (Å²) in [6.07, 6.45) is 7.41. The Labute approximate surface area is 186 Å². The number of aliphatic hydroxyl groups excluding tert-OH is 1. The highest BCUT2D eigenvalue weighted by atomic mass is 16.5. The lowest BCUT2D eigenvalue weighted by molar-refractivity contribution is 0.0903. The topological polar surface area (TPSA) is 114 Å². The molecule has 1 aliphatic rings. The van der Waals surface area contributed by atoms with Crippen molar-refractivity contribution in [3.05, 3.63) is 65.4 Å². The van der Waals surface area contributed by atoms with Crippen LogP contribution in [0.1, 0.15) is 40.0 Å². The van der Waals surface area contributed by atoms with Crippen molar-refractivity contribution in [2.75, 3.05) is 25.1 Å². The Morgan fingerprint density at radius 2 is 2.00 bits per heavy atom. The van der Waals surface area contributed by atoms with Crippen LogP contribution in [0.5, 0.6) is 0 Å². The van der Waals surface area contributed by atoms with Crippen LogP contribution in [-0.2, 0) is 17.7 Å². The molecule has 0 saturated carbocycles. The molecule has 3 aromatic rings. The third kappa shape index (κ3) is 5.30. The van der Waals surface area contributed by atoms with Gasteiger partial charge >= 0.3 is 0 Å². The average molecular weight is 437 g/mol. The molecule has 1 aliphatic heterocycles. The highest BCUT2D eigenvalue weighted by Gasteiger charge is 2.17. The van der Waals surface area contributed by atoms with E-state index in [-0.39, 0.29) is 18.6 Å². The van der Waals surface area contributed by atoms with Crippen molar-refractivity contribution >= 4 is 11.9 Å². The van der Waals surface area contributed by atoms with Crippen molar-refractivity contribution in [2.24, 2.45) is 0 Å². The van der Waals surface area contributed by atoms with E-state index in [1.54, 1.807) is 23.3 Å². The molecule has 0 aliphatic carbocycles. The number of carbonyl (C=O) groups is 1. The van der Waals surface area contributed by atoms with Gasteiger partial charge < -0.3 is 20.5 Å². The number of hydrogen-bond acceptors (Lipinski definition) is 7. The van der Waals surface area contributed by atoms with Gasteiger partial charge in [0.15, 0.2) is 0 Å². The number of aromatic nitrogens is 4. The summed E-state index contributed by atoms with van der Waals surface area (Å²) in [7, 11) is 0. The molecule has 2 aromatic heterocycles. The minimum absolute atomic E-state index is 0.0685. The fourth-order valence-corrected chi connectivity index (χ4v) is 3.70. The Bertz CT molecular complexity index is 1060. The molecular formula is C23H28N6O3. The molecule has 0 radical (unpaired) electrons. The van der Waals surface area contributed by atoms with Crippen molar-refractivity contribution < 1.29 is 14.6 Å². The van der Waals surface area contributed by atoms with E-state index in [9.17, 15) is 9.90 Å². The third-order valence-corrected chi connectivity index (χ3v) is 5.50. The maximum Gasteiger partial charge on any atom is 0.271 e. The molecule has 32 heavy (non-hydrogen) atoms. The Hall–Kier alpha value is -3.30. The molecule has 0 spiro atoms. The zero-order valence-electron chi connectivity index (χ0n) is 18.1. The number of nitrogens with one attached hydrogen (secondary N) is 2. The highest BCUT2D eigenvalue weighted by Crippen LogP contribution is 2.16. The number of aliphatic hydroxyl groups is 1. The number of anilines is 1. The summed E-state index contributed by atoms with van der Waals surface area (Å²) in [6.45, 7) is 3.83. The molecule has 0 atom stereocenters. The molecule has 9 heteroatoms. The quantitative estimate of drug-likeness (QED) is 0.495. The molecule has 168 valence electrons. The minimum Gasteiger partial charge on any atom is -0.396 e. The summed E-state index contributed by atoms with van der Waals surface area (Å²) in [5.74, 6) is 0.960. The summed E-state index contributed by atoms with van der Waals surface area (Å²) in [5, 5.41) is 15.5. The minimum atomic E-state index is -0.269. The predicted octanol–water partition coefficient (Wildman–Crippen LogP) is 2.03. The fraction of sp³-hybridized carbons (Fsp3) is 0.391. The second-order valence-electron chi connectivity index (χ2n) is 7.82. The maximum absolute atomic E-state index is 12.7. The van der Waals surface area contributed by atoms with Crippen LogP contribution in [0, 0.1) is 6.92 Å². The molecule has 1 amide bonds. The third-order valence-electron chi connectivity index (χ3n) is 5.50. The number of carbonyl (C=O) groups excluding carboxylic acids is 1. The Morgan fingerprint density at radius 1 is 1.22 bits per heavy atom. The molecule has 1 saturated heterocycles. The van der Waals surface area contributed by atoms with Crippen molar-refractivity contribution in [2.45, 2.75) is 38.8 Å². The molecule has 3 N–H and O–H groups in total. The monoisotopic (exact) mass is 436 g/mol. The predicted molar refractivity (Wildman–Crippen MR) is 120 cm³/mol. The van der Waals surface area contributed by atoms with Gasteiger partial charge in [-0.05, 0) is 37.3 Å². The van der Waals surface area contributed by atoms with E-state index < -0.39 is 0 Å². The number of hydrogen-bond donors (Lipinski definition) is 3. The van der Waals surface area contributed by atoms with Gasteiger partial charge in [0.05, 0.1) is 0 Å². The van der Waals surface area contributed by atoms with Gasteiger partial charge in [0.25, 0.3) is 5.91 Å². The molecule has 9 nitrogen and oxygen atoms in total. The van der Waals surface area contributed by atoms with E-state index >= 15 is 0 Å². The van der Waals surface area contributed by atoms with Crippen molar-refractivity contribution in [3.63, 3.8) is 0 Å². The molecule has 3 heterocycles. The van der Waals surface area contributed by atoms with Gasteiger partial charge in [-0.25, -0.2) is 9.97 Å². The zero-order valence-corrected chi connectivity index (χ0v) is 18.1. The first-order valence-corrected chi connectivity index (χ1v) is 10.8. The first-order valence-electron chi connectivity index (χ1n) is 10.8. The number of amides is 1.